The van der Waals surface area contributed by atoms with Crippen molar-refractivity contribution in [1.82, 2.24) is 0 Å². The molecule has 0 saturated carbocycles. The van der Waals surface area contributed by atoms with Crippen LogP contribution in [0.2, 0.25) is 0 Å². The summed E-state index contributed by atoms with van der Waals surface area (Å²) in [5.74, 6) is 0.0186. The van der Waals surface area contributed by atoms with Gasteiger partial charge in [-0.15, -0.1) is 0 Å². The summed E-state index contributed by atoms with van der Waals surface area (Å²) in [7, 11) is 0. The molecule has 4 saturated heterocycles. The predicted octanol–water partition coefficient (Wildman–Crippen LogP) is 0.568. The van der Waals surface area contributed by atoms with Crippen LogP contribution in [0.3, 0.4) is 0 Å². The van der Waals surface area contributed by atoms with Crippen LogP contribution in [-0.4, -0.2) is 66.6 Å². The van der Waals surface area contributed by atoms with Gasteiger partial charge in [-0.05, 0) is 12.8 Å². The number of fused-ring (bicyclic) bond motifs is 2. The summed E-state index contributed by atoms with van der Waals surface area (Å²) in [4.78, 5) is 10.7. The Bertz CT molecular complexity index is 420. The molecule has 0 radical (unpaired) electrons. The van der Waals surface area contributed by atoms with Crippen molar-refractivity contribution in [3.8, 4) is 0 Å². The molecule has 0 bridgehead atoms. The van der Waals surface area contributed by atoms with E-state index in [4.69, 9.17) is 23.7 Å². The second-order valence-corrected chi connectivity index (χ2v) is 7.38. The molecule has 7 nitrogen and oxygen atoms in total. The van der Waals surface area contributed by atoms with Crippen molar-refractivity contribution >= 4 is 21.9 Å². The van der Waals surface area contributed by atoms with Crippen LogP contribution >= 0.6 is 15.9 Å². The van der Waals surface area contributed by atoms with Gasteiger partial charge in [-0.25, -0.2) is 0 Å². The first kappa shape index (κ1) is 16.6. The van der Waals surface area contributed by atoms with E-state index in [0.717, 1.165) is 12.8 Å². The average Bonchev–Trinajstić information content (AvgIpc) is 3.17. The van der Waals surface area contributed by atoms with Crippen molar-refractivity contribution in [3.63, 3.8) is 0 Å². The Labute approximate surface area is 137 Å². The molecule has 6 atom stereocenters. The standard InChI is InChI=1S/C8H12O4.C6H9BrO3/c1-5(9)12-7-4-11-8-6(7)2-3-10-8;7-6-1-2-9-5(6)10-3-4(6)8/h6-8H,2-4H2,1H3;4-5,8H,1-3H2. The normalized spacial score (nSPS) is 45.9. The van der Waals surface area contributed by atoms with Crippen molar-refractivity contribution < 1.29 is 33.6 Å². The molecular formula is C14H21BrO7. The van der Waals surface area contributed by atoms with Crippen molar-refractivity contribution in [2.24, 2.45) is 5.92 Å². The Morgan fingerprint density at radius 2 is 2.05 bits per heavy atom. The van der Waals surface area contributed by atoms with E-state index in [-0.39, 0.29) is 34.9 Å². The van der Waals surface area contributed by atoms with E-state index in [2.05, 4.69) is 15.9 Å². The van der Waals surface area contributed by atoms with Crippen molar-refractivity contribution in [1.29, 1.82) is 0 Å². The number of hydrogen-bond acceptors (Lipinski definition) is 7. The van der Waals surface area contributed by atoms with Gasteiger partial charge >= 0.3 is 5.97 Å². The molecule has 0 spiro atoms. The number of rotatable bonds is 1. The summed E-state index contributed by atoms with van der Waals surface area (Å²) >= 11 is 3.44. The Balaban J connectivity index is 0.000000133. The molecule has 0 aromatic rings. The summed E-state index contributed by atoms with van der Waals surface area (Å²) in [6.45, 7) is 3.67. The molecule has 0 aromatic carbocycles. The quantitative estimate of drug-likeness (QED) is 0.525. The van der Waals surface area contributed by atoms with Gasteiger partial charge in [0.1, 0.15) is 10.4 Å². The van der Waals surface area contributed by atoms with Gasteiger partial charge in [-0.2, -0.15) is 0 Å². The number of aliphatic hydroxyl groups is 1. The molecule has 0 aromatic heterocycles. The minimum Gasteiger partial charge on any atom is -0.460 e. The van der Waals surface area contributed by atoms with Crippen molar-refractivity contribution in [2.45, 2.75) is 48.9 Å². The fourth-order valence-corrected chi connectivity index (χ4v) is 3.73. The summed E-state index contributed by atoms with van der Waals surface area (Å²) in [6, 6.07) is 0. The van der Waals surface area contributed by atoms with E-state index in [9.17, 15) is 9.90 Å². The van der Waals surface area contributed by atoms with Gasteiger partial charge in [0.05, 0.1) is 38.4 Å². The fraction of sp³-hybridized carbons (Fsp3) is 0.929. The third-order valence-corrected chi connectivity index (χ3v) is 5.71. The number of hydrogen-bond donors (Lipinski definition) is 1. The lowest BCUT2D eigenvalue weighted by Gasteiger charge is -2.20. The van der Waals surface area contributed by atoms with Gasteiger partial charge < -0.3 is 28.8 Å². The van der Waals surface area contributed by atoms with E-state index in [1.807, 2.05) is 0 Å². The lowest BCUT2D eigenvalue weighted by molar-refractivity contribution is -0.147. The maximum atomic E-state index is 10.7. The highest BCUT2D eigenvalue weighted by Crippen LogP contribution is 2.42. The monoisotopic (exact) mass is 380 g/mol. The fourth-order valence-electron chi connectivity index (χ4n) is 3.17. The average molecular weight is 381 g/mol. The first-order valence-electron chi connectivity index (χ1n) is 7.51. The number of ether oxygens (including phenoxy) is 5. The Morgan fingerprint density at radius 3 is 2.77 bits per heavy atom. The number of esters is 1. The van der Waals surface area contributed by atoms with Crippen molar-refractivity contribution in [2.75, 3.05) is 26.4 Å². The summed E-state index contributed by atoms with van der Waals surface area (Å²) in [5.41, 5.74) is 0. The molecule has 22 heavy (non-hydrogen) atoms. The number of carbonyl (C=O) groups is 1. The highest BCUT2D eigenvalue weighted by molar-refractivity contribution is 9.10. The SMILES string of the molecule is CC(=O)OC1COC2OCCC12.OC1COC2OCCC12Br. The molecule has 4 aliphatic rings. The molecule has 0 amide bonds. The second-order valence-electron chi connectivity index (χ2n) is 5.90. The van der Waals surface area contributed by atoms with Crippen LogP contribution in [0.1, 0.15) is 19.8 Å². The number of carbonyl (C=O) groups excluding carboxylic acids is 1. The first-order chi connectivity index (χ1) is 10.5. The zero-order valence-electron chi connectivity index (χ0n) is 12.4. The summed E-state index contributed by atoms with van der Waals surface area (Å²) in [5, 5.41) is 9.41. The van der Waals surface area contributed by atoms with Gasteiger partial charge in [0.15, 0.2) is 12.6 Å². The van der Waals surface area contributed by atoms with E-state index in [1.54, 1.807) is 0 Å². The molecule has 4 heterocycles. The number of halogens is 1. The molecule has 126 valence electrons. The van der Waals surface area contributed by atoms with E-state index >= 15 is 0 Å². The molecular weight excluding hydrogens is 360 g/mol. The number of alkyl halides is 1. The zero-order valence-corrected chi connectivity index (χ0v) is 14.0. The summed E-state index contributed by atoms with van der Waals surface area (Å²) < 4.78 is 25.7. The van der Waals surface area contributed by atoms with Crippen LogP contribution in [-0.2, 0) is 28.5 Å². The van der Waals surface area contributed by atoms with Gasteiger partial charge in [0.2, 0.25) is 0 Å². The minimum absolute atomic E-state index is 0.0880. The van der Waals surface area contributed by atoms with Gasteiger partial charge in [0, 0.05) is 6.92 Å². The Kier molecular flexibility index (Phi) is 5.06. The van der Waals surface area contributed by atoms with E-state index < -0.39 is 6.10 Å². The topological polar surface area (TPSA) is 83.5 Å². The predicted molar refractivity (Wildman–Crippen MR) is 77.3 cm³/mol. The third kappa shape index (κ3) is 3.18. The molecule has 8 heteroatoms. The van der Waals surface area contributed by atoms with Gasteiger partial charge in [0.25, 0.3) is 0 Å². The molecule has 4 rings (SSSR count). The van der Waals surface area contributed by atoms with Gasteiger partial charge in [-0.3, -0.25) is 4.79 Å². The largest absolute Gasteiger partial charge is 0.460 e. The summed E-state index contributed by atoms with van der Waals surface area (Å²) in [6.07, 6.45) is 0.897. The van der Waals surface area contributed by atoms with Gasteiger partial charge in [-0.1, -0.05) is 15.9 Å². The van der Waals surface area contributed by atoms with Crippen molar-refractivity contribution in [3.05, 3.63) is 0 Å². The molecule has 4 aliphatic heterocycles. The third-order valence-electron chi connectivity index (χ3n) is 4.41. The van der Waals surface area contributed by atoms with Crippen LogP contribution < -0.4 is 0 Å². The number of aliphatic hydroxyl groups excluding tert-OH is 1. The molecule has 0 aliphatic carbocycles. The van der Waals surface area contributed by atoms with Crippen LogP contribution in [0.4, 0.5) is 0 Å². The maximum absolute atomic E-state index is 10.7. The van der Waals surface area contributed by atoms with Crippen LogP contribution in [0.15, 0.2) is 0 Å². The first-order valence-corrected chi connectivity index (χ1v) is 8.30. The molecule has 1 N–H and O–H groups in total. The van der Waals surface area contributed by atoms with Crippen LogP contribution in [0.5, 0.6) is 0 Å². The Hall–Kier alpha value is -0.250. The molecule has 4 fully saturated rings. The van der Waals surface area contributed by atoms with Crippen LogP contribution in [0.25, 0.3) is 0 Å². The molecule has 6 unspecified atom stereocenters. The second kappa shape index (κ2) is 6.70. The highest BCUT2D eigenvalue weighted by Gasteiger charge is 2.53. The smallest absolute Gasteiger partial charge is 0.302 e. The van der Waals surface area contributed by atoms with E-state index in [0.29, 0.717) is 26.4 Å². The zero-order chi connectivity index (χ0) is 15.7. The highest BCUT2D eigenvalue weighted by atomic mass is 79.9. The van der Waals surface area contributed by atoms with Crippen LogP contribution in [0, 0.1) is 5.92 Å². The Morgan fingerprint density at radius 1 is 1.23 bits per heavy atom. The lowest BCUT2D eigenvalue weighted by Crippen LogP contribution is -2.36. The lowest BCUT2D eigenvalue weighted by atomic mass is 10.0. The maximum Gasteiger partial charge on any atom is 0.302 e. The minimum atomic E-state index is -0.417. The van der Waals surface area contributed by atoms with E-state index in [1.165, 1.54) is 6.92 Å².